The van der Waals surface area contributed by atoms with Crippen LogP contribution in [0.2, 0.25) is 0 Å². The number of methoxy groups -OCH3 is 1. The molecule has 1 aliphatic rings. The molecule has 0 saturated heterocycles. The zero-order valence-electron chi connectivity index (χ0n) is 19.1. The monoisotopic (exact) mass is 473 g/mol. The second-order valence-corrected chi connectivity index (χ2v) is 8.44. The number of para-hydroxylation sites is 1. The van der Waals surface area contributed by atoms with Crippen molar-refractivity contribution >= 4 is 28.5 Å². The maximum absolute atomic E-state index is 13.7. The van der Waals surface area contributed by atoms with Crippen LogP contribution in [-0.2, 0) is 16.1 Å². The number of anilines is 1. The van der Waals surface area contributed by atoms with Gasteiger partial charge in [0.2, 0.25) is 5.91 Å². The largest absolute Gasteiger partial charge is 0.497 e. The van der Waals surface area contributed by atoms with Gasteiger partial charge in [-0.3, -0.25) is 9.59 Å². The Hall–Kier alpha value is -4.27. The van der Waals surface area contributed by atoms with Crippen LogP contribution in [0.25, 0.3) is 11.0 Å². The zero-order valence-corrected chi connectivity index (χ0v) is 19.1. The number of ether oxygens (including phenoxy) is 1. The van der Waals surface area contributed by atoms with E-state index in [-0.39, 0.29) is 24.4 Å². The zero-order chi connectivity index (χ0) is 24.4. The highest BCUT2D eigenvalue weighted by Crippen LogP contribution is 2.36. The van der Waals surface area contributed by atoms with E-state index in [2.05, 4.69) is 15.6 Å². The van der Waals surface area contributed by atoms with Crippen molar-refractivity contribution in [3.63, 3.8) is 0 Å². The molecule has 0 radical (unpaired) electrons. The fraction of sp³-hybridized carbons (Fsp3) is 0.231. The molecule has 1 atom stereocenters. The summed E-state index contributed by atoms with van der Waals surface area (Å²) in [6, 6.07) is 19.1. The standard InChI is InChI=1S/C26H24FN5O3/c1-35-21-14-6-17(7-15-21)25(26(34)28-19-10-8-18(27)9-11-19)32(20-12-13-20)24(33)16-31-23-5-3-2-4-22(23)29-30-31/h2-11,14-15,20,25H,12-13,16H2,1H3,(H,28,34). The normalized spacial score (nSPS) is 13.9. The minimum Gasteiger partial charge on any atom is -0.497 e. The number of carbonyl (C=O) groups excluding carboxylic acids is 2. The third-order valence-electron chi connectivity index (χ3n) is 6.00. The molecule has 3 aromatic carbocycles. The maximum Gasteiger partial charge on any atom is 0.251 e. The molecule has 4 aromatic rings. The van der Waals surface area contributed by atoms with Crippen molar-refractivity contribution in [2.24, 2.45) is 0 Å². The van der Waals surface area contributed by atoms with Crippen molar-refractivity contribution in [2.45, 2.75) is 31.5 Å². The number of nitrogens with zero attached hydrogens (tertiary/aromatic N) is 4. The molecule has 2 amide bonds. The van der Waals surface area contributed by atoms with Crippen molar-refractivity contribution < 1.29 is 18.7 Å². The molecule has 1 unspecified atom stereocenters. The molecule has 1 aromatic heterocycles. The quantitative estimate of drug-likeness (QED) is 0.419. The Labute approximate surface area is 201 Å². The first-order chi connectivity index (χ1) is 17.0. The molecular formula is C26H24FN5O3. The van der Waals surface area contributed by atoms with E-state index < -0.39 is 11.9 Å². The van der Waals surface area contributed by atoms with Gasteiger partial charge >= 0.3 is 0 Å². The van der Waals surface area contributed by atoms with Crippen LogP contribution in [0.1, 0.15) is 24.4 Å². The van der Waals surface area contributed by atoms with Crippen LogP contribution in [0, 0.1) is 5.82 Å². The number of fused-ring (bicyclic) bond motifs is 1. The minimum absolute atomic E-state index is 0.0481. The predicted octanol–water partition coefficient (Wildman–Crippen LogP) is 3.95. The molecule has 8 nitrogen and oxygen atoms in total. The second kappa shape index (κ2) is 9.54. The molecule has 0 bridgehead atoms. The molecule has 178 valence electrons. The molecule has 35 heavy (non-hydrogen) atoms. The molecule has 1 aliphatic carbocycles. The summed E-state index contributed by atoms with van der Waals surface area (Å²) >= 11 is 0. The number of hydrogen-bond donors (Lipinski definition) is 1. The van der Waals surface area contributed by atoms with E-state index in [9.17, 15) is 14.0 Å². The maximum atomic E-state index is 13.7. The first-order valence-corrected chi connectivity index (χ1v) is 11.3. The Morgan fingerprint density at radius 3 is 2.49 bits per heavy atom. The van der Waals surface area contributed by atoms with Crippen LogP contribution in [0.4, 0.5) is 10.1 Å². The summed E-state index contributed by atoms with van der Waals surface area (Å²) in [4.78, 5) is 28.9. The third-order valence-corrected chi connectivity index (χ3v) is 6.00. The van der Waals surface area contributed by atoms with Gasteiger partial charge in [-0.05, 0) is 66.9 Å². The third kappa shape index (κ3) is 4.84. The average Bonchev–Trinajstić information content (AvgIpc) is 3.64. The van der Waals surface area contributed by atoms with Gasteiger partial charge in [-0.1, -0.05) is 29.5 Å². The van der Waals surface area contributed by atoms with Crippen molar-refractivity contribution in [2.75, 3.05) is 12.4 Å². The fourth-order valence-electron chi connectivity index (χ4n) is 4.12. The van der Waals surface area contributed by atoms with Gasteiger partial charge in [0, 0.05) is 11.7 Å². The number of aromatic nitrogens is 3. The van der Waals surface area contributed by atoms with E-state index in [0.29, 0.717) is 22.5 Å². The number of carbonyl (C=O) groups is 2. The highest BCUT2D eigenvalue weighted by atomic mass is 19.1. The van der Waals surface area contributed by atoms with Crippen molar-refractivity contribution in [3.05, 3.63) is 84.2 Å². The summed E-state index contributed by atoms with van der Waals surface area (Å²) in [5.74, 6) is -0.377. The number of benzene rings is 3. The fourth-order valence-corrected chi connectivity index (χ4v) is 4.12. The number of rotatable bonds is 8. The Balaban J connectivity index is 1.48. The summed E-state index contributed by atoms with van der Waals surface area (Å²) in [7, 11) is 1.57. The first kappa shape index (κ1) is 22.5. The molecule has 5 rings (SSSR count). The highest BCUT2D eigenvalue weighted by molar-refractivity contribution is 5.98. The van der Waals surface area contributed by atoms with Crippen molar-refractivity contribution in [1.82, 2.24) is 19.9 Å². The van der Waals surface area contributed by atoms with Crippen LogP contribution < -0.4 is 10.1 Å². The number of hydrogen-bond acceptors (Lipinski definition) is 5. The summed E-state index contributed by atoms with van der Waals surface area (Å²) in [6.45, 7) is -0.0481. The number of amides is 2. The summed E-state index contributed by atoms with van der Waals surface area (Å²) < 4.78 is 20.2. The molecule has 1 saturated carbocycles. The highest BCUT2D eigenvalue weighted by Gasteiger charge is 2.41. The van der Waals surface area contributed by atoms with E-state index in [0.717, 1.165) is 18.4 Å². The van der Waals surface area contributed by atoms with Crippen LogP contribution >= 0.6 is 0 Å². The van der Waals surface area contributed by atoms with Gasteiger partial charge in [0.05, 0.1) is 12.6 Å². The summed E-state index contributed by atoms with van der Waals surface area (Å²) in [6.07, 6.45) is 1.61. The van der Waals surface area contributed by atoms with Gasteiger partial charge in [0.1, 0.15) is 29.7 Å². The Kier molecular flexibility index (Phi) is 6.13. The predicted molar refractivity (Wildman–Crippen MR) is 128 cm³/mol. The van der Waals surface area contributed by atoms with Crippen LogP contribution in [0.5, 0.6) is 5.75 Å². The SMILES string of the molecule is COc1ccc(C(C(=O)Nc2ccc(F)cc2)N(C(=O)Cn2nnc3ccccc32)C2CC2)cc1. The van der Waals surface area contributed by atoms with E-state index in [1.807, 2.05) is 24.3 Å². The number of nitrogens with one attached hydrogen (secondary N) is 1. The summed E-state index contributed by atoms with van der Waals surface area (Å²) in [5.41, 5.74) is 2.53. The Bertz CT molecular complexity index is 1350. The van der Waals surface area contributed by atoms with Gasteiger partial charge in [0.15, 0.2) is 0 Å². The number of halogens is 1. The topological polar surface area (TPSA) is 89.4 Å². The average molecular weight is 474 g/mol. The molecule has 1 N–H and O–H groups in total. The minimum atomic E-state index is -0.888. The van der Waals surface area contributed by atoms with Crippen LogP contribution in [0.15, 0.2) is 72.8 Å². The lowest BCUT2D eigenvalue weighted by molar-refractivity contribution is -0.140. The van der Waals surface area contributed by atoms with Crippen LogP contribution in [0.3, 0.4) is 0 Å². The van der Waals surface area contributed by atoms with Gasteiger partial charge < -0.3 is 15.0 Å². The van der Waals surface area contributed by atoms with E-state index in [1.165, 1.54) is 24.3 Å². The smallest absolute Gasteiger partial charge is 0.251 e. The molecule has 0 aliphatic heterocycles. The first-order valence-electron chi connectivity index (χ1n) is 11.3. The van der Waals surface area contributed by atoms with E-state index >= 15 is 0 Å². The molecule has 0 spiro atoms. The van der Waals surface area contributed by atoms with Gasteiger partial charge in [-0.15, -0.1) is 5.10 Å². The molecular weight excluding hydrogens is 449 g/mol. The van der Waals surface area contributed by atoms with E-state index in [4.69, 9.17) is 4.74 Å². The van der Waals surface area contributed by atoms with E-state index in [1.54, 1.807) is 41.0 Å². The van der Waals surface area contributed by atoms with Crippen LogP contribution in [-0.4, -0.2) is 44.9 Å². The van der Waals surface area contributed by atoms with Gasteiger partial charge in [-0.25, -0.2) is 9.07 Å². The van der Waals surface area contributed by atoms with Gasteiger partial charge in [-0.2, -0.15) is 0 Å². The second-order valence-electron chi connectivity index (χ2n) is 8.44. The molecule has 9 heteroatoms. The lowest BCUT2D eigenvalue weighted by Gasteiger charge is -2.31. The lowest BCUT2D eigenvalue weighted by atomic mass is 10.0. The molecule has 1 fully saturated rings. The molecule has 1 heterocycles. The lowest BCUT2D eigenvalue weighted by Crippen LogP contribution is -2.44. The van der Waals surface area contributed by atoms with Crippen molar-refractivity contribution in [1.29, 1.82) is 0 Å². The Morgan fingerprint density at radius 2 is 1.80 bits per heavy atom. The van der Waals surface area contributed by atoms with Gasteiger partial charge in [0.25, 0.3) is 5.91 Å². The van der Waals surface area contributed by atoms with Crippen molar-refractivity contribution in [3.8, 4) is 5.75 Å². The summed E-state index contributed by atoms with van der Waals surface area (Å²) in [5, 5.41) is 11.1. The Morgan fingerprint density at radius 1 is 1.09 bits per heavy atom.